The van der Waals surface area contributed by atoms with E-state index in [1.165, 1.54) is 11.3 Å². The zero-order valence-electron chi connectivity index (χ0n) is 16.1. The van der Waals surface area contributed by atoms with Crippen molar-refractivity contribution in [2.45, 2.75) is 0 Å². The molecule has 4 aromatic rings. The summed E-state index contributed by atoms with van der Waals surface area (Å²) >= 11 is 11.9. The van der Waals surface area contributed by atoms with Crippen LogP contribution in [0.4, 0.5) is 16.2 Å². The van der Waals surface area contributed by atoms with Gasteiger partial charge in [0.05, 0.1) is 10.0 Å². The molecule has 10 heteroatoms. The molecule has 0 atom stereocenters. The zero-order valence-corrected chi connectivity index (χ0v) is 17.6. The number of nitrogens with one attached hydrogen (secondary N) is 1. The van der Waals surface area contributed by atoms with Crippen molar-refractivity contribution in [3.05, 3.63) is 77.2 Å². The van der Waals surface area contributed by atoms with Gasteiger partial charge in [-0.1, -0.05) is 23.2 Å². The summed E-state index contributed by atoms with van der Waals surface area (Å²) in [5, 5.41) is 11.0. The Morgan fingerprint density at radius 3 is 2.55 bits per heavy atom. The molecule has 0 aliphatic heterocycles. The molecule has 0 saturated carbocycles. The molecule has 8 nitrogen and oxygen atoms in total. The third kappa shape index (κ3) is 4.93. The van der Waals surface area contributed by atoms with Gasteiger partial charge in [-0.2, -0.15) is 0 Å². The van der Waals surface area contributed by atoms with Crippen molar-refractivity contribution < 1.29 is 13.9 Å². The molecule has 0 radical (unpaired) electrons. The molecule has 0 aliphatic rings. The fourth-order valence-corrected chi connectivity index (χ4v) is 2.95. The van der Waals surface area contributed by atoms with E-state index in [1.807, 2.05) is 0 Å². The van der Waals surface area contributed by atoms with Crippen molar-refractivity contribution >= 4 is 40.6 Å². The Labute approximate surface area is 187 Å². The van der Waals surface area contributed by atoms with E-state index in [9.17, 15) is 4.79 Å². The largest absolute Gasteiger partial charge is 0.457 e. The lowest BCUT2D eigenvalue weighted by Gasteiger charge is -2.18. The van der Waals surface area contributed by atoms with Gasteiger partial charge < -0.3 is 14.5 Å². The van der Waals surface area contributed by atoms with Gasteiger partial charge in [0, 0.05) is 30.7 Å². The van der Waals surface area contributed by atoms with Crippen LogP contribution in [0.2, 0.25) is 10.0 Å². The van der Waals surface area contributed by atoms with Gasteiger partial charge >= 0.3 is 6.03 Å². The van der Waals surface area contributed by atoms with Crippen molar-refractivity contribution in [3.8, 4) is 23.1 Å². The van der Waals surface area contributed by atoms with Crippen molar-refractivity contribution in [1.29, 1.82) is 0 Å². The maximum atomic E-state index is 12.5. The second-order valence-electron chi connectivity index (χ2n) is 6.33. The van der Waals surface area contributed by atoms with Crippen molar-refractivity contribution in [2.24, 2.45) is 0 Å². The average Bonchev–Trinajstić information content (AvgIpc) is 3.32. The minimum Gasteiger partial charge on any atom is -0.457 e. The number of urea groups is 1. The van der Waals surface area contributed by atoms with Crippen molar-refractivity contribution in [3.63, 3.8) is 0 Å². The predicted octanol–water partition coefficient (Wildman–Crippen LogP) is 5.90. The molecule has 0 fully saturated rings. The summed E-state index contributed by atoms with van der Waals surface area (Å²) in [6.07, 6.45) is 2.82. The van der Waals surface area contributed by atoms with Gasteiger partial charge in [-0.3, -0.25) is 9.88 Å². The van der Waals surface area contributed by atoms with E-state index in [0.717, 1.165) is 0 Å². The molecule has 0 bridgehead atoms. The number of amides is 2. The molecule has 0 unspecified atom stereocenters. The van der Waals surface area contributed by atoms with Gasteiger partial charge in [-0.05, 0) is 48.5 Å². The van der Waals surface area contributed by atoms with Crippen LogP contribution >= 0.6 is 23.2 Å². The Bertz CT molecular complexity index is 1200. The first-order chi connectivity index (χ1) is 15.0. The predicted molar refractivity (Wildman–Crippen MR) is 118 cm³/mol. The third-order valence-electron chi connectivity index (χ3n) is 4.25. The Morgan fingerprint density at radius 1 is 1.03 bits per heavy atom. The van der Waals surface area contributed by atoms with Gasteiger partial charge in [-0.15, -0.1) is 10.2 Å². The van der Waals surface area contributed by atoms with Crippen LogP contribution in [0.1, 0.15) is 0 Å². The summed E-state index contributed by atoms with van der Waals surface area (Å²) in [7, 11) is 1.66. The van der Waals surface area contributed by atoms with Crippen LogP contribution in [0.25, 0.3) is 11.6 Å². The molecule has 2 heterocycles. The number of aromatic nitrogens is 3. The number of anilines is 2. The highest BCUT2D eigenvalue weighted by atomic mass is 35.5. The molecule has 2 aromatic heterocycles. The quantitative estimate of drug-likeness (QED) is 0.402. The lowest BCUT2D eigenvalue weighted by molar-refractivity contribution is 0.258. The van der Waals surface area contributed by atoms with E-state index in [2.05, 4.69) is 20.5 Å². The molecule has 0 saturated heterocycles. The van der Waals surface area contributed by atoms with Crippen molar-refractivity contribution in [1.82, 2.24) is 15.2 Å². The van der Waals surface area contributed by atoms with Crippen LogP contribution in [0.15, 0.2) is 71.6 Å². The van der Waals surface area contributed by atoms with Crippen LogP contribution in [-0.2, 0) is 0 Å². The molecule has 2 amide bonds. The smallest absolute Gasteiger partial charge is 0.326 e. The number of rotatable bonds is 5. The highest BCUT2D eigenvalue weighted by Gasteiger charge is 2.13. The second-order valence-corrected chi connectivity index (χ2v) is 7.15. The standard InChI is InChI=1S/C21H15Cl2N5O3/c1-28(21(29)26-13-2-7-17(22)18(23)10-13)14-3-5-15(6-4-14)31-16-8-9-24-19(11-16)20-27-25-12-30-20/h2-12H,1H3,(H,26,29). The van der Waals surface area contributed by atoms with E-state index in [0.29, 0.717) is 44.5 Å². The SMILES string of the molecule is CN(C(=O)Nc1ccc(Cl)c(Cl)c1)c1ccc(Oc2ccnc(-c3nnco3)c2)cc1. The zero-order chi connectivity index (χ0) is 21.8. The Balaban J connectivity index is 1.42. The molecular formula is C21H15Cl2N5O3. The highest BCUT2D eigenvalue weighted by molar-refractivity contribution is 6.42. The average molecular weight is 456 g/mol. The number of benzene rings is 2. The molecule has 4 rings (SSSR count). The van der Waals surface area contributed by atoms with E-state index in [1.54, 1.807) is 67.8 Å². The molecule has 2 aromatic carbocycles. The van der Waals surface area contributed by atoms with Crippen LogP contribution in [0.3, 0.4) is 0 Å². The van der Waals surface area contributed by atoms with Gasteiger partial charge in [0.15, 0.2) is 0 Å². The second kappa shape index (κ2) is 9.03. The maximum absolute atomic E-state index is 12.5. The number of hydrogen-bond acceptors (Lipinski definition) is 6. The third-order valence-corrected chi connectivity index (χ3v) is 4.98. The van der Waals surface area contributed by atoms with Crippen LogP contribution in [0, 0.1) is 0 Å². The molecule has 0 aliphatic carbocycles. The maximum Gasteiger partial charge on any atom is 0.326 e. The lowest BCUT2D eigenvalue weighted by atomic mass is 10.2. The van der Waals surface area contributed by atoms with Gasteiger partial charge in [0.2, 0.25) is 6.39 Å². The number of ether oxygens (including phenoxy) is 1. The molecular weight excluding hydrogens is 441 g/mol. The number of halogens is 2. The van der Waals surface area contributed by atoms with E-state index < -0.39 is 0 Å². The van der Waals surface area contributed by atoms with E-state index in [4.69, 9.17) is 32.4 Å². The topological polar surface area (TPSA) is 93.4 Å². The monoisotopic (exact) mass is 455 g/mol. The van der Waals surface area contributed by atoms with Gasteiger partial charge in [-0.25, -0.2) is 4.79 Å². The van der Waals surface area contributed by atoms with Crippen LogP contribution < -0.4 is 15.0 Å². The minimum absolute atomic E-state index is 0.301. The molecule has 1 N–H and O–H groups in total. The van der Waals surface area contributed by atoms with Crippen molar-refractivity contribution in [2.75, 3.05) is 17.3 Å². The van der Waals surface area contributed by atoms with Crippen LogP contribution in [0.5, 0.6) is 11.5 Å². The summed E-state index contributed by atoms with van der Waals surface area (Å²) in [4.78, 5) is 18.2. The lowest BCUT2D eigenvalue weighted by Crippen LogP contribution is -2.31. The molecule has 0 spiro atoms. The summed E-state index contributed by atoms with van der Waals surface area (Å²) in [5.41, 5.74) is 1.72. The van der Waals surface area contributed by atoms with E-state index in [-0.39, 0.29) is 6.03 Å². The fraction of sp³-hybridized carbons (Fsp3) is 0.0476. The van der Waals surface area contributed by atoms with Gasteiger partial charge in [0.25, 0.3) is 5.89 Å². The Kier molecular flexibility index (Phi) is 6.01. The number of nitrogens with zero attached hydrogens (tertiary/aromatic N) is 4. The normalized spacial score (nSPS) is 10.5. The first kappa shape index (κ1) is 20.6. The summed E-state index contributed by atoms with van der Waals surface area (Å²) in [6, 6.07) is 15.0. The number of pyridine rings is 1. The fourth-order valence-electron chi connectivity index (χ4n) is 2.65. The molecule has 31 heavy (non-hydrogen) atoms. The first-order valence-electron chi connectivity index (χ1n) is 9.00. The minimum atomic E-state index is -0.328. The van der Waals surface area contributed by atoms with Crippen LogP contribution in [-0.4, -0.2) is 28.3 Å². The number of carbonyl (C=O) groups is 1. The molecule has 156 valence electrons. The summed E-state index contributed by atoms with van der Waals surface area (Å²) in [6.45, 7) is 0. The first-order valence-corrected chi connectivity index (χ1v) is 9.75. The summed E-state index contributed by atoms with van der Waals surface area (Å²) in [5.74, 6) is 1.45. The van der Waals surface area contributed by atoms with Gasteiger partial charge in [0.1, 0.15) is 17.2 Å². The Hall–Kier alpha value is -3.62. The number of hydrogen-bond donors (Lipinski definition) is 1. The van der Waals surface area contributed by atoms with E-state index >= 15 is 0 Å². The highest BCUT2D eigenvalue weighted by Crippen LogP contribution is 2.28. The summed E-state index contributed by atoms with van der Waals surface area (Å²) < 4.78 is 11.0. The Morgan fingerprint density at radius 2 is 1.84 bits per heavy atom. The number of carbonyl (C=O) groups excluding carboxylic acids is 1.